The van der Waals surface area contributed by atoms with Gasteiger partial charge in [0.1, 0.15) is 0 Å². The summed E-state index contributed by atoms with van der Waals surface area (Å²) in [5.41, 5.74) is 9.91. The summed E-state index contributed by atoms with van der Waals surface area (Å²) in [7, 11) is 0. The SMILES string of the molecule is CCOC(=O)/C=C(\C)c1ccc(N(CC(C)C)CC(C)C)c(N)c1. The molecule has 1 aromatic carbocycles. The molecule has 0 aliphatic rings. The fraction of sp³-hybridized carbons (Fsp3) is 0.550. The molecule has 0 radical (unpaired) electrons. The van der Waals surface area contributed by atoms with Crippen LogP contribution in [0.2, 0.25) is 0 Å². The Morgan fingerprint density at radius 3 is 2.25 bits per heavy atom. The van der Waals surface area contributed by atoms with Crippen LogP contribution in [0.5, 0.6) is 0 Å². The van der Waals surface area contributed by atoms with E-state index in [1.807, 2.05) is 19.1 Å². The number of nitrogens with zero attached hydrogens (tertiary/aromatic N) is 1. The maximum absolute atomic E-state index is 11.6. The van der Waals surface area contributed by atoms with Gasteiger partial charge in [0, 0.05) is 19.2 Å². The smallest absolute Gasteiger partial charge is 0.331 e. The third-order valence-corrected chi connectivity index (χ3v) is 3.62. The Kier molecular flexibility index (Phi) is 7.83. The van der Waals surface area contributed by atoms with Crippen LogP contribution in [0.25, 0.3) is 5.57 Å². The average Bonchev–Trinajstić information content (AvgIpc) is 2.45. The largest absolute Gasteiger partial charge is 0.463 e. The fourth-order valence-electron chi connectivity index (χ4n) is 2.68. The van der Waals surface area contributed by atoms with Crippen LogP contribution in [0.4, 0.5) is 11.4 Å². The summed E-state index contributed by atoms with van der Waals surface area (Å²) in [6.45, 7) is 14.9. The van der Waals surface area contributed by atoms with Crippen LogP contribution < -0.4 is 10.6 Å². The first kappa shape index (κ1) is 20.1. The number of carbonyl (C=O) groups is 1. The molecular weight excluding hydrogens is 300 g/mol. The number of ether oxygens (including phenoxy) is 1. The van der Waals surface area contributed by atoms with Crippen molar-refractivity contribution in [3.8, 4) is 0 Å². The Morgan fingerprint density at radius 1 is 1.21 bits per heavy atom. The molecule has 0 amide bonds. The molecule has 4 nitrogen and oxygen atoms in total. The Balaban J connectivity index is 3.06. The summed E-state index contributed by atoms with van der Waals surface area (Å²) < 4.78 is 4.96. The third-order valence-electron chi connectivity index (χ3n) is 3.62. The van der Waals surface area contributed by atoms with E-state index < -0.39 is 0 Å². The molecule has 0 bridgehead atoms. The van der Waals surface area contributed by atoms with Crippen molar-refractivity contribution in [1.29, 1.82) is 0 Å². The van der Waals surface area contributed by atoms with Crippen molar-refractivity contribution < 1.29 is 9.53 Å². The maximum Gasteiger partial charge on any atom is 0.331 e. The summed E-state index contributed by atoms with van der Waals surface area (Å²) >= 11 is 0. The number of esters is 1. The normalized spacial score (nSPS) is 11.9. The number of nitrogens with two attached hydrogens (primary N) is 1. The van der Waals surface area contributed by atoms with E-state index in [4.69, 9.17) is 10.5 Å². The number of carbonyl (C=O) groups excluding carboxylic acids is 1. The standard InChI is InChI=1S/C20H32N2O2/c1-7-24-20(23)10-16(6)17-8-9-19(18(21)11-17)22(12-14(2)3)13-15(4)5/h8-11,14-15H,7,12-13,21H2,1-6H3/b16-10+. The topological polar surface area (TPSA) is 55.6 Å². The molecule has 0 atom stereocenters. The van der Waals surface area contributed by atoms with Gasteiger partial charge in [-0.2, -0.15) is 0 Å². The molecule has 2 N–H and O–H groups in total. The van der Waals surface area contributed by atoms with Crippen molar-refractivity contribution >= 4 is 22.9 Å². The molecule has 0 aliphatic heterocycles. The predicted octanol–water partition coefficient (Wildman–Crippen LogP) is 4.35. The lowest BCUT2D eigenvalue weighted by molar-refractivity contribution is -0.137. The van der Waals surface area contributed by atoms with Crippen molar-refractivity contribution in [3.05, 3.63) is 29.8 Å². The molecule has 0 fully saturated rings. The molecule has 0 saturated heterocycles. The number of benzene rings is 1. The number of allylic oxidation sites excluding steroid dienone is 1. The predicted molar refractivity (Wildman–Crippen MR) is 103 cm³/mol. The second-order valence-electron chi connectivity index (χ2n) is 7.05. The molecule has 0 heterocycles. The van der Waals surface area contributed by atoms with Crippen molar-refractivity contribution in [2.75, 3.05) is 30.3 Å². The minimum absolute atomic E-state index is 0.320. The summed E-state index contributed by atoms with van der Waals surface area (Å²) in [4.78, 5) is 13.9. The van der Waals surface area contributed by atoms with Gasteiger partial charge >= 0.3 is 5.97 Å². The summed E-state index contributed by atoms with van der Waals surface area (Å²) in [5.74, 6) is 0.806. The molecule has 24 heavy (non-hydrogen) atoms. The molecule has 0 spiro atoms. The number of rotatable bonds is 8. The van der Waals surface area contributed by atoms with E-state index in [0.717, 1.165) is 35.6 Å². The summed E-state index contributed by atoms with van der Waals surface area (Å²) in [6, 6.07) is 6.01. The highest BCUT2D eigenvalue weighted by atomic mass is 16.5. The number of hydrogen-bond acceptors (Lipinski definition) is 4. The quantitative estimate of drug-likeness (QED) is 0.437. The van der Waals surface area contributed by atoms with Gasteiger partial charge in [-0.3, -0.25) is 0 Å². The highest BCUT2D eigenvalue weighted by Gasteiger charge is 2.14. The molecule has 1 rings (SSSR count). The van der Waals surface area contributed by atoms with Gasteiger partial charge < -0.3 is 15.4 Å². The van der Waals surface area contributed by atoms with E-state index in [2.05, 4.69) is 38.7 Å². The van der Waals surface area contributed by atoms with Crippen molar-refractivity contribution in [1.82, 2.24) is 0 Å². The number of anilines is 2. The second-order valence-corrected chi connectivity index (χ2v) is 7.05. The van der Waals surface area contributed by atoms with Crippen LogP contribution in [-0.2, 0) is 9.53 Å². The molecule has 0 unspecified atom stereocenters. The van der Waals surface area contributed by atoms with Crippen molar-refractivity contribution in [2.45, 2.75) is 41.5 Å². The first-order valence-corrected chi connectivity index (χ1v) is 8.74. The first-order chi connectivity index (χ1) is 11.2. The van der Waals surface area contributed by atoms with E-state index >= 15 is 0 Å². The lowest BCUT2D eigenvalue weighted by atomic mass is 10.0. The fourth-order valence-corrected chi connectivity index (χ4v) is 2.68. The molecule has 0 aliphatic carbocycles. The van der Waals surface area contributed by atoms with Crippen molar-refractivity contribution in [2.24, 2.45) is 11.8 Å². The van der Waals surface area contributed by atoms with Crippen LogP contribution >= 0.6 is 0 Å². The molecule has 0 saturated carbocycles. The van der Waals surface area contributed by atoms with Gasteiger partial charge in [-0.05, 0) is 49.0 Å². The number of nitrogen functional groups attached to an aromatic ring is 1. The second kappa shape index (κ2) is 9.36. The van der Waals surface area contributed by atoms with Crippen LogP contribution in [-0.4, -0.2) is 25.7 Å². The van der Waals surface area contributed by atoms with Crippen LogP contribution in [0.3, 0.4) is 0 Å². The summed E-state index contributed by atoms with van der Waals surface area (Å²) in [5, 5.41) is 0. The first-order valence-electron chi connectivity index (χ1n) is 8.74. The van der Waals surface area contributed by atoms with Gasteiger partial charge in [0.25, 0.3) is 0 Å². The maximum atomic E-state index is 11.6. The van der Waals surface area contributed by atoms with E-state index in [1.54, 1.807) is 6.92 Å². The Bertz CT molecular complexity index is 567. The van der Waals surface area contributed by atoms with Gasteiger partial charge in [0.05, 0.1) is 18.0 Å². The van der Waals surface area contributed by atoms with E-state index in [0.29, 0.717) is 18.4 Å². The Hall–Kier alpha value is -1.97. The van der Waals surface area contributed by atoms with E-state index in [-0.39, 0.29) is 5.97 Å². The van der Waals surface area contributed by atoms with Gasteiger partial charge in [-0.15, -0.1) is 0 Å². The zero-order chi connectivity index (χ0) is 18.3. The highest BCUT2D eigenvalue weighted by molar-refractivity contribution is 5.91. The third kappa shape index (κ3) is 6.26. The van der Waals surface area contributed by atoms with Crippen LogP contribution in [0, 0.1) is 11.8 Å². The zero-order valence-electron chi connectivity index (χ0n) is 15.9. The van der Waals surface area contributed by atoms with E-state index in [9.17, 15) is 4.79 Å². The van der Waals surface area contributed by atoms with Crippen LogP contribution in [0.1, 0.15) is 47.1 Å². The minimum Gasteiger partial charge on any atom is -0.463 e. The minimum atomic E-state index is -0.320. The van der Waals surface area contributed by atoms with Gasteiger partial charge in [0.2, 0.25) is 0 Å². The number of hydrogen-bond donors (Lipinski definition) is 1. The van der Waals surface area contributed by atoms with Gasteiger partial charge in [0.15, 0.2) is 0 Å². The monoisotopic (exact) mass is 332 g/mol. The van der Waals surface area contributed by atoms with Gasteiger partial charge in [-0.1, -0.05) is 33.8 Å². The molecule has 4 heteroatoms. The molecule has 134 valence electrons. The molecular formula is C20H32N2O2. The molecule has 0 aromatic heterocycles. The van der Waals surface area contributed by atoms with Crippen molar-refractivity contribution in [3.63, 3.8) is 0 Å². The zero-order valence-corrected chi connectivity index (χ0v) is 15.9. The lowest BCUT2D eigenvalue weighted by Gasteiger charge is -2.30. The lowest BCUT2D eigenvalue weighted by Crippen LogP contribution is -2.31. The summed E-state index contributed by atoms with van der Waals surface area (Å²) in [6.07, 6.45) is 1.51. The Morgan fingerprint density at radius 2 is 1.79 bits per heavy atom. The average molecular weight is 332 g/mol. The van der Waals surface area contributed by atoms with Crippen LogP contribution in [0.15, 0.2) is 24.3 Å². The van der Waals surface area contributed by atoms with E-state index in [1.165, 1.54) is 6.08 Å². The van der Waals surface area contributed by atoms with Gasteiger partial charge in [-0.25, -0.2) is 4.79 Å². The molecule has 1 aromatic rings. The highest BCUT2D eigenvalue weighted by Crippen LogP contribution is 2.28. The Labute approximate surface area is 146 Å².